The molecule has 0 aromatic rings. The molecule has 16 heavy (non-hydrogen) atoms. The van der Waals surface area contributed by atoms with Crippen molar-refractivity contribution in [1.82, 2.24) is 0 Å². The van der Waals surface area contributed by atoms with Gasteiger partial charge < -0.3 is 15.6 Å². The lowest BCUT2D eigenvalue weighted by atomic mass is 9.67. The Kier molecular flexibility index (Phi) is 3.97. The van der Waals surface area contributed by atoms with E-state index in [1.807, 2.05) is 13.8 Å². The highest BCUT2D eigenvalue weighted by Crippen LogP contribution is 2.43. The van der Waals surface area contributed by atoms with E-state index in [-0.39, 0.29) is 11.6 Å². The lowest BCUT2D eigenvalue weighted by Gasteiger charge is -2.40. The first-order chi connectivity index (χ1) is 7.31. The van der Waals surface area contributed by atoms with E-state index in [4.69, 9.17) is 10.5 Å². The summed E-state index contributed by atoms with van der Waals surface area (Å²) in [5.41, 5.74) is 4.80. The summed E-state index contributed by atoms with van der Waals surface area (Å²) < 4.78 is 5.35. The molecule has 0 heterocycles. The van der Waals surface area contributed by atoms with E-state index in [2.05, 4.69) is 0 Å². The number of hydrogen-bond donors (Lipinski definition) is 2. The average molecular weight is 229 g/mol. The van der Waals surface area contributed by atoms with Crippen LogP contribution in [0.25, 0.3) is 0 Å². The molecule has 0 aliphatic heterocycles. The Bertz CT molecular complexity index is 255. The molecular weight excluding hydrogens is 206 g/mol. The quantitative estimate of drug-likeness (QED) is 0.770. The Morgan fingerprint density at radius 2 is 2.00 bits per heavy atom. The van der Waals surface area contributed by atoms with Crippen LogP contribution in [0.5, 0.6) is 0 Å². The maximum atomic E-state index is 11.5. The van der Waals surface area contributed by atoms with E-state index in [1.165, 1.54) is 0 Å². The fourth-order valence-corrected chi connectivity index (χ4v) is 2.55. The van der Waals surface area contributed by atoms with Gasteiger partial charge in [0.25, 0.3) is 0 Å². The van der Waals surface area contributed by atoms with Crippen molar-refractivity contribution >= 4 is 5.97 Å². The van der Waals surface area contributed by atoms with Gasteiger partial charge in [-0.1, -0.05) is 0 Å². The normalized spacial score (nSPS) is 31.4. The summed E-state index contributed by atoms with van der Waals surface area (Å²) >= 11 is 0. The van der Waals surface area contributed by atoms with Crippen molar-refractivity contribution in [3.05, 3.63) is 0 Å². The summed E-state index contributed by atoms with van der Waals surface area (Å²) in [7, 11) is 1.63. The van der Waals surface area contributed by atoms with E-state index >= 15 is 0 Å². The van der Waals surface area contributed by atoms with Gasteiger partial charge in [-0.2, -0.15) is 0 Å². The smallest absolute Gasteiger partial charge is 0.309 e. The van der Waals surface area contributed by atoms with Crippen molar-refractivity contribution in [2.45, 2.75) is 57.6 Å². The topological polar surface area (TPSA) is 72.5 Å². The van der Waals surface area contributed by atoms with Gasteiger partial charge in [-0.3, -0.25) is 4.79 Å². The lowest BCUT2D eigenvalue weighted by Crippen LogP contribution is -2.44. The number of rotatable bonds is 4. The zero-order valence-corrected chi connectivity index (χ0v) is 10.5. The van der Waals surface area contributed by atoms with Crippen LogP contribution in [0, 0.1) is 5.41 Å². The number of aliphatic carboxylic acids is 1. The second kappa shape index (κ2) is 4.72. The van der Waals surface area contributed by atoms with Crippen molar-refractivity contribution in [3.8, 4) is 0 Å². The molecule has 1 aliphatic rings. The van der Waals surface area contributed by atoms with Gasteiger partial charge >= 0.3 is 5.97 Å². The number of methoxy groups -OCH3 is 1. The summed E-state index contributed by atoms with van der Waals surface area (Å²) in [6.07, 6.45) is 3.48. The highest BCUT2D eigenvalue weighted by Gasteiger charge is 2.45. The van der Waals surface area contributed by atoms with Crippen LogP contribution in [-0.2, 0) is 9.53 Å². The molecule has 0 atom stereocenters. The van der Waals surface area contributed by atoms with Crippen molar-refractivity contribution in [1.29, 1.82) is 0 Å². The summed E-state index contributed by atoms with van der Waals surface area (Å²) in [6.45, 7) is 3.87. The van der Waals surface area contributed by atoms with Gasteiger partial charge in [-0.05, 0) is 46.0 Å². The molecule has 0 aromatic carbocycles. The van der Waals surface area contributed by atoms with E-state index in [0.29, 0.717) is 19.3 Å². The minimum absolute atomic E-state index is 0.165. The molecule has 0 saturated heterocycles. The van der Waals surface area contributed by atoms with Crippen molar-refractivity contribution < 1.29 is 14.6 Å². The second-order valence-corrected chi connectivity index (χ2v) is 5.56. The minimum Gasteiger partial charge on any atom is -0.481 e. The molecule has 1 fully saturated rings. The predicted molar refractivity (Wildman–Crippen MR) is 62.2 cm³/mol. The van der Waals surface area contributed by atoms with Crippen LogP contribution in [0.2, 0.25) is 0 Å². The van der Waals surface area contributed by atoms with Gasteiger partial charge in [-0.15, -0.1) is 0 Å². The first-order valence-corrected chi connectivity index (χ1v) is 5.85. The molecule has 0 bridgehead atoms. The number of nitrogens with two attached hydrogens (primary N) is 1. The van der Waals surface area contributed by atoms with Crippen LogP contribution >= 0.6 is 0 Å². The molecule has 0 amide bonds. The van der Waals surface area contributed by atoms with Gasteiger partial charge in [0.1, 0.15) is 0 Å². The fourth-order valence-electron chi connectivity index (χ4n) is 2.55. The third-order valence-corrected chi connectivity index (χ3v) is 3.76. The van der Waals surface area contributed by atoms with Crippen molar-refractivity contribution in [2.24, 2.45) is 11.1 Å². The van der Waals surface area contributed by atoms with Gasteiger partial charge in [0.2, 0.25) is 0 Å². The zero-order valence-electron chi connectivity index (χ0n) is 10.5. The van der Waals surface area contributed by atoms with Crippen LogP contribution in [0.15, 0.2) is 0 Å². The molecule has 94 valence electrons. The summed E-state index contributed by atoms with van der Waals surface area (Å²) in [6, 6.07) is 0.165. The summed E-state index contributed by atoms with van der Waals surface area (Å²) in [5, 5.41) is 9.44. The third-order valence-electron chi connectivity index (χ3n) is 3.76. The minimum atomic E-state index is -0.704. The first kappa shape index (κ1) is 13.5. The van der Waals surface area contributed by atoms with Gasteiger partial charge in [0, 0.05) is 13.2 Å². The highest BCUT2D eigenvalue weighted by molar-refractivity contribution is 5.75. The molecular formula is C12H23NO3. The van der Waals surface area contributed by atoms with E-state index in [1.54, 1.807) is 7.11 Å². The van der Waals surface area contributed by atoms with E-state index < -0.39 is 11.4 Å². The molecule has 0 radical (unpaired) electrons. The monoisotopic (exact) mass is 229 g/mol. The van der Waals surface area contributed by atoms with Crippen LogP contribution < -0.4 is 5.73 Å². The van der Waals surface area contributed by atoms with Crippen LogP contribution in [-0.4, -0.2) is 29.8 Å². The standard InChI is InChI=1S/C12H23NO3/c1-11(2,16-3)8-12(10(14)15)6-4-9(13)5-7-12/h9H,4-8,13H2,1-3H3,(H,14,15). The molecule has 1 saturated carbocycles. The van der Waals surface area contributed by atoms with E-state index in [0.717, 1.165) is 12.8 Å². The molecule has 1 aliphatic carbocycles. The maximum absolute atomic E-state index is 11.5. The van der Waals surface area contributed by atoms with E-state index in [9.17, 15) is 9.90 Å². The Morgan fingerprint density at radius 1 is 1.50 bits per heavy atom. The predicted octanol–water partition coefficient (Wildman–Crippen LogP) is 1.77. The Labute approximate surface area is 97.2 Å². The molecule has 1 rings (SSSR count). The van der Waals surface area contributed by atoms with Crippen molar-refractivity contribution in [2.75, 3.05) is 7.11 Å². The first-order valence-electron chi connectivity index (χ1n) is 5.85. The molecule has 4 heteroatoms. The Morgan fingerprint density at radius 3 is 2.38 bits per heavy atom. The largest absolute Gasteiger partial charge is 0.481 e. The summed E-state index contributed by atoms with van der Waals surface area (Å²) in [4.78, 5) is 11.5. The van der Waals surface area contributed by atoms with Crippen LogP contribution in [0.4, 0.5) is 0 Å². The molecule has 0 aromatic heterocycles. The van der Waals surface area contributed by atoms with Crippen LogP contribution in [0.3, 0.4) is 0 Å². The Balaban J connectivity index is 2.78. The third kappa shape index (κ3) is 2.95. The molecule has 0 unspecified atom stereocenters. The Hall–Kier alpha value is -0.610. The number of carbonyl (C=O) groups is 1. The van der Waals surface area contributed by atoms with Crippen molar-refractivity contribution in [3.63, 3.8) is 0 Å². The molecule has 4 nitrogen and oxygen atoms in total. The van der Waals surface area contributed by atoms with Gasteiger partial charge in [-0.25, -0.2) is 0 Å². The molecule has 0 spiro atoms. The highest BCUT2D eigenvalue weighted by atomic mass is 16.5. The van der Waals surface area contributed by atoms with Gasteiger partial charge in [0.15, 0.2) is 0 Å². The SMILES string of the molecule is COC(C)(C)CC1(C(=O)O)CCC(N)CC1. The number of ether oxygens (including phenoxy) is 1. The number of carboxylic acids is 1. The van der Waals surface area contributed by atoms with Crippen LogP contribution in [0.1, 0.15) is 46.0 Å². The number of hydrogen-bond acceptors (Lipinski definition) is 3. The average Bonchev–Trinajstić information content (AvgIpc) is 2.21. The zero-order chi connectivity index (χ0) is 12.4. The number of carboxylic acid groups (broad SMARTS) is 1. The maximum Gasteiger partial charge on any atom is 0.309 e. The molecule has 3 N–H and O–H groups in total. The van der Waals surface area contributed by atoms with Gasteiger partial charge in [0.05, 0.1) is 11.0 Å². The summed E-state index contributed by atoms with van der Waals surface area (Å²) in [5.74, 6) is -0.704. The fraction of sp³-hybridized carbons (Fsp3) is 0.917. The lowest BCUT2D eigenvalue weighted by molar-refractivity contribution is -0.156. The second-order valence-electron chi connectivity index (χ2n) is 5.56.